The predicted molar refractivity (Wildman–Crippen MR) is 90.7 cm³/mol. The number of carbonyl (C=O) groups is 1. The van der Waals surface area contributed by atoms with Crippen molar-refractivity contribution in [3.05, 3.63) is 60.4 Å². The molecule has 1 atom stereocenters. The van der Waals surface area contributed by atoms with Crippen LogP contribution in [0.5, 0.6) is 5.75 Å². The number of benzene rings is 1. The number of likely N-dealkylation sites (tertiary alicyclic amines) is 1. The number of pyridine rings is 1. The molecule has 1 aliphatic rings. The van der Waals surface area contributed by atoms with Crippen molar-refractivity contribution in [2.75, 3.05) is 20.2 Å². The average molecular weight is 326 g/mol. The molecule has 1 fully saturated rings. The van der Waals surface area contributed by atoms with Gasteiger partial charge in [0.25, 0.3) is 5.91 Å². The minimum atomic E-state index is -0.538. The molecule has 1 aromatic carbocycles. The molecule has 0 bridgehead atoms. The van der Waals surface area contributed by atoms with Gasteiger partial charge in [-0.15, -0.1) is 0 Å². The van der Waals surface area contributed by atoms with E-state index in [4.69, 9.17) is 9.47 Å². The van der Waals surface area contributed by atoms with E-state index in [1.807, 2.05) is 47.4 Å². The summed E-state index contributed by atoms with van der Waals surface area (Å²) in [6.07, 6.45) is 4.67. The Morgan fingerprint density at radius 2 is 1.79 bits per heavy atom. The Kier molecular flexibility index (Phi) is 5.43. The van der Waals surface area contributed by atoms with Crippen LogP contribution in [0.1, 0.15) is 24.5 Å². The molecule has 5 nitrogen and oxygen atoms in total. The topological polar surface area (TPSA) is 51.7 Å². The predicted octanol–water partition coefficient (Wildman–Crippen LogP) is 2.84. The maximum Gasteiger partial charge on any atom is 0.256 e. The molecule has 24 heavy (non-hydrogen) atoms. The zero-order chi connectivity index (χ0) is 16.8. The van der Waals surface area contributed by atoms with E-state index in [2.05, 4.69) is 4.98 Å². The summed E-state index contributed by atoms with van der Waals surface area (Å²) in [4.78, 5) is 18.6. The normalized spacial score (nSPS) is 16.6. The summed E-state index contributed by atoms with van der Waals surface area (Å²) < 4.78 is 11.4. The molecule has 0 radical (unpaired) electrons. The van der Waals surface area contributed by atoms with Crippen molar-refractivity contribution in [2.45, 2.75) is 25.0 Å². The maximum atomic E-state index is 12.7. The molecule has 0 aliphatic carbocycles. The molecule has 1 saturated heterocycles. The lowest BCUT2D eigenvalue weighted by molar-refractivity contribution is -0.144. The Balaban J connectivity index is 1.56. The monoisotopic (exact) mass is 326 g/mol. The number of rotatable bonds is 5. The fourth-order valence-electron chi connectivity index (χ4n) is 2.98. The van der Waals surface area contributed by atoms with Gasteiger partial charge in [0, 0.05) is 45.4 Å². The Hall–Kier alpha value is -2.40. The number of hydrogen-bond donors (Lipinski definition) is 0. The number of carbonyl (C=O) groups excluding carboxylic acids is 1. The van der Waals surface area contributed by atoms with Gasteiger partial charge in [-0.05, 0) is 17.7 Å². The Morgan fingerprint density at radius 1 is 1.12 bits per heavy atom. The highest BCUT2D eigenvalue weighted by molar-refractivity contribution is 5.82. The van der Waals surface area contributed by atoms with E-state index in [9.17, 15) is 4.79 Å². The van der Waals surface area contributed by atoms with E-state index >= 15 is 0 Å². The van der Waals surface area contributed by atoms with E-state index in [-0.39, 0.29) is 12.0 Å². The fraction of sp³-hybridized carbons (Fsp3) is 0.368. The number of aromatic nitrogens is 1. The third kappa shape index (κ3) is 3.92. The lowest BCUT2D eigenvalue weighted by Gasteiger charge is -2.34. The molecule has 5 heteroatoms. The van der Waals surface area contributed by atoms with Crippen molar-refractivity contribution in [1.29, 1.82) is 0 Å². The second kappa shape index (κ2) is 7.93. The zero-order valence-corrected chi connectivity index (χ0v) is 13.8. The standard InChI is InChI=1S/C19H22N2O3/c1-23-18(15-5-3-2-4-6-15)19(22)21-13-9-17(10-14-21)24-16-7-11-20-12-8-16/h2-8,11-12,17-18H,9-10,13-14H2,1H3. The van der Waals surface area contributed by atoms with Crippen LogP contribution < -0.4 is 4.74 Å². The summed E-state index contributed by atoms with van der Waals surface area (Å²) in [5.74, 6) is 0.847. The van der Waals surface area contributed by atoms with Gasteiger partial charge in [0.2, 0.25) is 0 Å². The molecular weight excluding hydrogens is 304 g/mol. The Bertz CT molecular complexity index is 640. The lowest BCUT2D eigenvalue weighted by atomic mass is 10.0. The van der Waals surface area contributed by atoms with Crippen LogP contribution >= 0.6 is 0 Å². The number of ether oxygens (including phenoxy) is 2. The average Bonchev–Trinajstić information content (AvgIpc) is 2.65. The van der Waals surface area contributed by atoms with Crippen LogP contribution in [0.4, 0.5) is 0 Å². The third-order valence-electron chi connectivity index (χ3n) is 4.27. The van der Waals surface area contributed by atoms with Gasteiger partial charge in [-0.3, -0.25) is 9.78 Å². The molecule has 1 aliphatic heterocycles. The van der Waals surface area contributed by atoms with Gasteiger partial charge < -0.3 is 14.4 Å². The smallest absolute Gasteiger partial charge is 0.256 e. The van der Waals surface area contributed by atoms with Crippen molar-refractivity contribution in [1.82, 2.24) is 9.88 Å². The number of nitrogens with zero attached hydrogens (tertiary/aromatic N) is 2. The molecule has 1 aromatic heterocycles. The van der Waals surface area contributed by atoms with Crippen LogP contribution in [0.15, 0.2) is 54.9 Å². The minimum absolute atomic E-state index is 0.0195. The van der Waals surface area contributed by atoms with Gasteiger partial charge in [-0.25, -0.2) is 0 Å². The molecule has 1 unspecified atom stereocenters. The molecule has 126 valence electrons. The highest BCUT2D eigenvalue weighted by Crippen LogP contribution is 2.23. The first-order chi connectivity index (χ1) is 11.8. The molecule has 2 heterocycles. The second-order valence-electron chi connectivity index (χ2n) is 5.85. The van der Waals surface area contributed by atoms with Gasteiger partial charge in [0.15, 0.2) is 6.10 Å². The molecular formula is C19H22N2O3. The van der Waals surface area contributed by atoms with Gasteiger partial charge in [-0.1, -0.05) is 30.3 Å². The summed E-state index contributed by atoms with van der Waals surface area (Å²) in [5.41, 5.74) is 0.889. The third-order valence-corrected chi connectivity index (χ3v) is 4.27. The Morgan fingerprint density at radius 3 is 2.42 bits per heavy atom. The van der Waals surface area contributed by atoms with Crippen molar-refractivity contribution >= 4 is 5.91 Å². The van der Waals surface area contributed by atoms with Gasteiger partial charge in [0.05, 0.1) is 0 Å². The summed E-state index contributed by atoms with van der Waals surface area (Å²) >= 11 is 0. The number of hydrogen-bond acceptors (Lipinski definition) is 4. The van der Waals surface area contributed by atoms with Gasteiger partial charge >= 0.3 is 0 Å². The molecule has 0 saturated carbocycles. The number of amides is 1. The minimum Gasteiger partial charge on any atom is -0.490 e. The highest BCUT2D eigenvalue weighted by atomic mass is 16.5. The van der Waals surface area contributed by atoms with E-state index in [0.717, 1.165) is 24.2 Å². The van der Waals surface area contributed by atoms with Crippen molar-refractivity contribution in [2.24, 2.45) is 0 Å². The van der Waals surface area contributed by atoms with Crippen LogP contribution in [0.25, 0.3) is 0 Å². The number of piperidine rings is 1. The molecule has 2 aromatic rings. The largest absolute Gasteiger partial charge is 0.490 e. The summed E-state index contributed by atoms with van der Waals surface area (Å²) in [6, 6.07) is 13.3. The summed E-state index contributed by atoms with van der Waals surface area (Å²) in [7, 11) is 1.58. The maximum absolute atomic E-state index is 12.7. The molecule has 0 N–H and O–H groups in total. The summed E-state index contributed by atoms with van der Waals surface area (Å²) in [6.45, 7) is 1.36. The fourth-order valence-corrected chi connectivity index (χ4v) is 2.98. The molecule has 3 rings (SSSR count). The van der Waals surface area contributed by atoms with Crippen LogP contribution in [-0.4, -0.2) is 42.1 Å². The molecule has 1 amide bonds. The van der Waals surface area contributed by atoms with Crippen LogP contribution in [0, 0.1) is 0 Å². The Labute approximate surface area is 142 Å². The van der Waals surface area contributed by atoms with E-state index < -0.39 is 6.10 Å². The van der Waals surface area contributed by atoms with E-state index in [1.54, 1.807) is 19.5 Å². The first-order valence-electron chi connectivity index (χ1n) is 8.21. The first-order valence-corrected chi connectivity index (χ1v) is 8.21. The van der Waals surface area contributed by atoms with E-state index in [0.29, 0.717) is 13.1 Å². The van der Waals surface area contributed by atoms with Crippen molar-refractivity contribution in [3.8, 4) is 5.75 Å². The van der Waals surface area contributed by atoms with Gasteiger partial charge in [0.1, 0.15) is 11.9 Å². The first kappa shape index (κ1) is 16.5. The van der Waals surface area contributed by atoms with Crippen LogP contribution in [-0.2, 0) is 9.53 Å². The molecule has 0 spiro atoms. The van der Waals surface area contributed by atoms with Crippen LogP contribution in [0.2, 0.25) is 0 Å². The van der Waals surface area contributed by atoms with E-state index in [1.165, 1.54) is 0 Å². The number of methoxy groups -OCH3 is 1. The zero-order valence-electron chi connectivity index (χ0n) is 13.8. The van der Waals surface area contributed by atoms with Crippen LogP contribution in [0.3, 0.4) is 0 Å². The SMILES string of the molecule is COC(C(=O)N1CCC(Oc2ccncc2)CC1)c1ccccc1. The highest BCUT2D eigenvalue weighted by Gasteiger charge is 2.29. The van der Waals surface area contributed by atoms with Crippen molar-refractivity contribution in [3.63, 3.8) is 0 Å². The summed E-state index contributed by atoms with van der Waals surface area (Å²) in [5, 5.41) is 0. The van der Waals surface area contributed by atoms with Crippen molar-refractivity contribution < 1.29 is 14.3 Å². The van der Waals surface area contributed by atoms with Gasteiger partial charge in [-0.2, -0.15) is 0 Å². The second-order valence-corrected chi connectivity index (χ2v) is 5.85. The quantitative estimate of drug-likeness (QED) is 0.848. The lowest BCUT2D eigenvalue weighted by Crippen LogP contribution is -2.44.